The van der Waals surface area contributed by atoms with Crippen LogP contribution in [-0.4, -0.2) is 56.7 Å². The molecule has 0 saturated carbocycles. The molecule has 0 bridgehead atoms. The van der Waals surface area contributed by atoms with Crippen LogP contribution in [0, 0.1) is 11.8 Å². The van der Waals surface area contributed by atoms with Crippen LogP contribution < -0.4 is 15.4 Å². The molecule has 1 aromatic carbocycles. The summed E-state index contributed by atoms with van der Waals surface area (Å²) in [7, 11) is 0. The van der Waals surface area contributed by atoms with Crippen LogP contribution in [-0.2, 0) is 0 Å². The van der Waals surface area contributed by atoms with E-state index in [0.717, 1.165) is 37.3 Å². The Morgan fingerprint density at radius 2 is 2.08 bits per heavy atom. The molecule has 2 N–H and O–H groups in total. The van der Waals surface area contributed by atoms with Gasteiger partial charge in [0.2, 0.25) is 0 Å². The first kappa shape index (κ1) is 20.6. The van der Waals surface area contributed by atoms with Gasteiger partial charge in [0.05, 0.1) is 6.54 Å². The highest BCUT2D eigenvalue weighted by molar-refractivity contribution is 5.79. The molecule has 1 unspecified atom stereocenters. The van der Waals surface area contributed by atoms with Crippen molar-refractivity contribution in [2.24, 2.45) is 16.8 Å². The molecule has 1 fully saturated rings. The van der Waals surface area contributed by atoms with Gasteiger partial charge in [-0.05, 0) is 50.3 Å². The Hall–Kier alpha value is -1.75. The first-order valence-corrected chi connectivity index (χ1v) is 10.1. The number of aliphatic imine (C=N–C) groups is 1. The maximum atomic E-state index is 5.73. The van der Waals surface area contributed by atoms with E-state index in [0.29, 0.717) is 12.5 Å². The van der Waals surface area contributed by atoms with Gasteiger partial charge in [-0.1, -0.05) is 32.0 Å². The van der Waals surface area contributed by atoms with Crippen molar-refractivity contribution >= 4 is 5.96 Å². The number of nitrogens with zero attached hydrogens (tertiary/aromatic N) is 2. The maximum Gasteiger partial charge on any atom is 0.191 e. The topological polar surface area (TPSA) is 48.9 Å². The molecule has 26 heavy (non-hydrogen) atoms. The molecule has 1 heterocycles. The Morgan fingerprint density at radius 3 is 2.81 bits per heavy atom. The highest BCUT2D eigenvalue weighted by Crippen LogP contribution is 2.17. The third-order valence-corrected chi connectivity index (χ3v) is 4.48. The quantitative estimate of drug-likeness (QED) is 0.404. The van der Waals surface area contributed by atoms with Gasteiger partial charge in [0.25, 0.3) is 0 Å². The first-order chi connectivity index (χ1) is 12.7. The summed E-state index contributed by atoms with van der Waals surface area (Å²) in [4.78, 5) is 7.41. The molecule has 5 heteroatoms. The molecule has 1 atom stereocenters. The van der Waals surface area contributed by atoms with Gasteiger partial charge in [0.1, 0.15) is 12.4 Å². The Morgan fingerprint density at radius 1 is 1.27 bits per heavy atom. The molecule has 146 valence electrons. The van der Waals surface area contributed by atoms with E-state index in [-0.39, 0.29) is 0 Å². The SMILES string of the molecule is CCNC(=NCC1CCCN(CC(C)C)C1)NCCOc1ccccc1. The lowest BCUT2D eigenvalue weighted by Gasteiger charge is -2.33. The van der Waals surface area contributed by atoms with Crippen molar-refractivity contribution in [3.63, 3.8) is 0 Å². The molecule has 0 spiro atoms. The van der Waals surface area contributed by atoms with Crippen LogP contribution in [0.25, 0.3) is 0 Å². The average Bonchev–Trinajstić information content (AvgIpc) is 2.64. The van der Waals surface area contributed by atoms with Gasteiger partial charge in [0, 0.05) is 26.2 Å². The first-order valence-electron chi connectivity index (χ1n) is 10.1. The van der Waals surface area contributed by atoms with Crippen LogP contribution in [0.3, 0.4) is 0 Å². The molecule has 1 aliphatic rings. The van der Waals surface area contributed by atoms with E-state index in [9.17, 15) is 0 Å². The number of para-hydroxylation sites is 1. The van der Waals surface area contributed by atoms with Crippen molar-refractivity contribution in [2.75, 3.05) is 45.9 Å². The van der Waals surface area contributed by atoms with Crippen molar-refractivity contribution < 1.29 is 4.74 Å². The molecule has 0 radical (unpaired) electrons. The third-order valence-electron chi connectivity index (χ3n) is 4.48. The van der Waals surface area contributed by atoms with Gasteiger partial charge >= 0.3 is 0 Å². The van der Waals surface area contributed by atoms with Crippen molar-refractivity contribution in [1.82, 2.24) is 15.5 Å². The number of hydrogen-bond acceptors (Lipinski definition) is 3. The summed E-state index contributed by atoms with van der Waals surface area (Å²) in [5, 5.41) is 6.71. The minimum atomic E-state index is 0.625. The molecule has 0 aromatic heterocycles. The number of likely N-dealkylation sites (tertiary alicyclic amines) is 1. The molecule has 0 aliphatic carbocycles. The molecule has 2 rings (SSSR count). The van der Waals surface area contributed by atoms with E-state index in [1.807, 2.05) is 30.3 Å². The van der Waals surface area contributed by atoms with Gasteiger partial charge in [-0.25, -0.2) is 0 Å². The summed E-state index contributed by atoms with van der Waals surface area (Å²) in [5.41, 5.74) is 0. The Bertz CT molecular complexity index is 518. The zero-order valence-corrected chi connectivity index (χ0v) is 16.7. The van der Waals surface area contributed by atoms with Crippen LogP contribution in [0.2, 0.25) is 0 Å². The van der Waals surface area contributed by atoms with Gasteiger partial charge < -0.3 is 20.3 Å². The average molecular weight is 361 g/mol. The minimum absolute atomic E-state index is 0.625. The lowest BCUT2D eigenvalue weighted by atomic mass is 9.97. The lowest BCUT2D eigenvalue weighted by molar-refractivity contribution is 0.162. The van der Waals surface area contributed by atoms with E-state index in [2.05, 4.69) is 36.3 Å². The monoisotopic (exact) mass is 360 g/mol. The van der Waals surface area contributed by atoms with Gasteiger partial charge in [0.15, 0.2) is 5.96 Å². The number of guanidine groups is 1. The second-order valence-electron chi connectivity index (χ2n) is 7.47. The number of rotatable bonds is 9. The Balaban J connectivity index is 1.73. The van der Waals surface area contributed by atoms with E-state index >= 15 is 0 Å². The van der Waals surface area contributed by atoms with Crippen molar-refractivity contribution in [3.8, 4) is 5.75 Å². The van der Waals surface area contributed by atoms with Gasteiger partial charge in [-0.2, -0.15) is 0 Å². The predicted molar refractivity (Wildman–Crippen MR) is 110 cm³/mol. The molecule has 5 nitrogen and oxygen atoms in total. The minimum Gasteiger partial charge on any atom is -0.492 e. The fourth-order valence-electron chi connectivity index (χ4n) is 3.40. The van der Waals surface area contributed by atoms with Crippen LogP contribution in [0.5, 0.6) is 5.75 Å². The second kappa shape index (κ2) is 11.8. The van der Waals surface area contributed by atoms with E-state index in [1.165, 1.54) is 32.5 Å². The molecule has 1 aromatic rings. The van der Waals surface area contributed by atoms with Gasteiger partial charge in [-0.3, -0.25) is 4.99 Å². The second-order valence-corrected chi connectivity index (χ2v) is 7.47. The third kappa shape index (κ3) is 8.09. The van der Waals surface area contributed by atoms with E-state index in [4.69, 9.17) is 9.73 Å². The van der Waals surface area contributed by atoms with Crippen molar-refractivity contribution in [1.29, 1.82) is 0 Å². The number of ether oxygens (including phenoxy) is 1. The van der Waals surface area contributed by atoms with Crippen molar-refractivity contribution in [2.45, 2.75) is 33.6 Å². The molecule has 1 aliphatic heterocycles. The van der Waals surface area contributed by atoms with Crippen LogP contribution >= 0.6 is 0 Å². The molecular weight excluding hydrogens is 324 g/mol. The van der Waals surface area contributed by atoms with Crippen molar-refractivity contribution in [3.05, 3.63) is 30.3 Å². The van der Waals surface area contributed by atoms with E-state index < -0.39 is 0 Å². The maximum absolute atomic E-state index is 5.73. The highest BCUT2D eigenvalue weighted by Gasteiger charge is 2.20. The number of benzene rings is 1. The summed E-state index contributed by atoms with van der Waals surface area (Å²) in [5.74, 6) is 3.20. The summed E-state index contributed by atoms with van der Waals surface area (Å²) >= 11 is 0. The highest BCUT2D eigenvalue weighted by atomic mass is 16.5. The summed E-state index contributed by atoms with van der Waals surface area (Å²) in [6.45, 7) is 13.5. The number of piperidine rings is 1. The summed E-state index contributed by atoms with van der Waals surface area (Å²) in [6, 6.07) is 9.92. The Labute approximate surface area is 159 Å². The smallest absolute Gasteiger partial charge is 0.191 e. The number of hydrogen-bond donors (Lipinski definition) is 2. The fourth-order valence-corrected chi connectivity index (χ4v) is 3.40. The zero-order valence-electron chi connectivity index (χ0n) is 16.7. The summed E-state index contributed by atoms with van der Waals surface area (Å²) in [6.07, 6.45) is 2.58. The normalized spacial score (nSPS) is 18.8. The Kier molecular flexibility index (Phi) is 9.32. The standard InChI is InChI=1S/C21H36N4O/c1-4-22-21(23-12-14-26-20-10-6-5-7-11-20)24-15-19-9-8-13-25(17-19)16-18(2)3/h5-7,10-11,18-19H,4,8-9,12-17H2,1-3H3,(H2,22,23,24). The summed E-state index contributed by atoms with van der Waals surface area (Å²) < 4.78 is 5.73. The predicted octanol–water partition coefficient (Wildman–Crippen LogP) is 2.99. The molecule has 1 saturated heterocycles. The lowest BCUT2D eigenvalue weighted by Crippen LogP contribution is -2.41. The molecule has 0 amide bonds. The number of nitrogens with one attached hydrogen (secondary N) is 2. The van der Waals surface area contributed by atoms with Crippen LogP contribution in [0.4, 0.5) is 0 Å². The molecular formula is C21H36N4O. The van der Waals surface area contributed by atoms with Gasteiger partial charge in [-0.15, -0.1) is 0 Å². The fraction of sp³-hybridized carbons (Fsp3) is 0.667. The largest absolute Gasteiger partial charge is 0.492 e. The van der Waals surface area contributed by atoms with E-state index in [1.54, 1.807) is 0 Å². The van der Waals surface area contributed by atoms with Crippen LogP contribution in [0.15, 0.2) is 35.3 Å². The van der Waals surface area contributed by atoms with Crippen LogP contribution in [0.1, 0.15) is 33.6 Å². The zero-order chi connectivity index (χ0) is 18.6.